The number of sulfonamides is 1. The first kappa shape index (κ1) is 19.1. The molecule has 0 bridgehead atoms. The first-order valence-electron chi connectivity index (χ1n) is 7.51. The van der Waals surface area contributed by atoms with Gasteiger partial charge in [0, 0.05) is 17.6 Å². The molecule has 0 heterocycles. The molecule has 0 fully saturated rings. The van der Waals surface area contributed by atoms with Crippen molar-refractivity contribution in [1.82, 2.24) is 4.72 Å². The second-order valence-electron chi connectivity index (χ2n) is 5.25. The van der Waals surface area contributed by atoms with Gasteiger partial charge in [-0.25, -0.2) is 17.5 Å². The normalized spacial score (nSPS) is 13.0. The van der Waals surface area contributed by atoms with Crippen molar-refractivity contribution in [3.8, 4) is 0 Å². The summed E-state index contributed by atoms with van der Waals surface area (Å²) in [6.07, 6.45) is 0.490. The standard InChI is InChI=1S/C17H19BrFNO3S/c1-13(14-6-3-2-4-7-14)23-11-5-10-20-24(21,22)17-9-8-15(19)12-16(17)18/h2-4,6-9,12-13,20H,5,10-11H2,1H3. The van der Waals surface area contributed by atoms with Crippen LogP contribution in [0.3, 0.4) is 0 Å². The smallest absolute Gasteiger partial charge is 0.241 e. The van der Waals surface area contributed by atoms with Crippen LogP contribution in [0.5, 0.6) is 0 Å². The molecule has 0 amide bonds. The molecule has 0 saturated heterocycles. The molecule has 0 aliphatic carbocycles. The molecule has 7 heteroatoms. The van der Waals surface area contributed by atoms with E-state index in [0.29, 0.717) is 13.0 Å². The minimum Gasteiger partial charge on any atom is -0.374 e. The largest absolute Gasteiger partial charge is 0.374 e. The molecule has 1 atom stereocenters. The molecular formula is C17H19BrFNO3S. The van der Waals surface area contributed by atoms with Crippen LogP contribution in [0.15, 0.2) is 57.9 Å². The minimum atomic E-state index is -3.68. The molecule has 0 saturated carbocycles. The maximum absolute atomic E-state index is 13.0. The van der Waals surface area contributed by atoms with Gasteiger partial charge >= 0.3 is 0 Å². The summed E-state index contributed by atoms with van der Waals surface area (Å²) in [7, 11) is -3.68. The fraction of sp³-hybridized carbons (Fsp3) is 0.294. The summed E-state index contributed by atoms with van der Waals surface area (Å²) in [5.74, 6) is -0.496. The van der Waals surface area contributed by atoms with Crippen molar-refractivity contribution < 1.29 is 17.5 Å². The van der Waals surface area contributed by atoms with Gasteiger partial charge in [0.1, 0.15) is 5.82 Å². The molecular weight excluding hydrogens is 397 g/mol. The Morgan fingerprint density at radius 3 is 2.58 bits per heavy atom. The predicted molar refractivity (Wildman–Crippen MR) is 94.7 cm³/mol. The highest BCUT2D eigenvalue weighted by Gasteiger charge is 2.17. The molecule has 0 aliphatic heterocycles. The summed E-state index contributed by atoms with van der Waals surface area (Å²) < 4.78 is 45.8. The Balaban J connectivity index is 1.79. The topological polar surface area (TPSA) is 55.4 Å². The number of halogens is 2. The number of ether oxygens (including phenoxy) is 1. The maximum atomic E-state index is 13.0. The number of hydrogen-bond donors (Lipinski definition) is 1. The summed E-state index contributed by atoms with van der Waals surface area (Å²) in [6.45, 7) is 2.63. The average molecular weight is 416 g/mol. The lowest BCUT2D eigenvalue weighted by Gasteiger charge is -2.13. The Hall–Kier alpha value is -1.28. The summed E-state index contributed by atoms with van der Waals surface area (Å²) in [5, 5.41) is 0. The van der Waals surface area contributed by atoms with Crippen molar-refractivity contribution in [3.05, 3.63) is 64.4 Å². The number of hydrogen-bond acceptors (Lipinski definition) is 3. The van der Waals surface area contributed by atoms with E-state index in [1.807, 2.05) is 37.3 Å². The van der Waals surface area contributed by atoms with Gasteiger partial charge in [0.2, 0.25) is 10.0 Å². The van der Waals surface area contributed by atoms with Crippen LogP contribution >= 0.6 is 15.9 Å². The van der Waals surface area contributed by atoms with E-state index >= 15 is 0 Å². The van der Waals surface area contributed by atoms with Crippen LogP contribution in [0.1, 0.15) is 25.0 Å². The lowest BCUT2D eigenvalue weighted by molar-refractivity contribution is 0.0647. The van der Waals surface area contributed by atoms with Crippen molar-refractivity contribution in [3.63, 3.8) is 0 Å². The Morgan fingerprint density at radius 1 is 1.21 bits per heavy atom. The Bertz CT molecular complexity index is 769. The third-order valence-electron chi connectivity index (χ3n) is 3.43. The summed E-state index contributed by atoms with van der Waals surface area (Å²) >= 11 is 3.07. The summed E-state index contributed by atoms with van der Waals surface area (Å²) in [4.78, 5) is 0.0162. The molecule has 0 aliphatic rings. The van der Waals surface area contributed by atoms with Gasteiger partial charge in [0.25, 0.3) is 0 Å². The molecule has 1 unspecified atom stereocenters. The third kappa shape index (κ3) is 5.37. The molecule has 2 aromatic carbocycles. The fourth-order valence-corrected chi connectivity index (χ4v) is 4.25. The van der Waals surface area contributed by atoms with E-state index in [0.717, 1.165) is 17.7 Å². The van der Waals surface area contributed by atoms with Gasteiger partial charge in [0.15, 0.2) is 0 Å². The van der Waals surface area contributed by atoms with Crippen molar-refractivity contribution >= 4 is 26.0 Å². The van der Waals surface area contributed by atoms with E-state index < -0.39 is 15.8 Å². The van der Waals surface area contributed by atoms with Crippen LogP contribution in [-0.2, 0) is 14.8 Å². The zero-order valence-corrected chi connectivity index (χ0v) is 15.6. The Labute approximate surface area is 150 Å². The number of nitrogens with one attached hydrogen (secondary N) is 1. The van der Waals surface area contributed by atoms with Crippen LogP contribution in [0.25, 0.3) is 0 Å². The summed E-state index contributed by atoms with van der Waals surface area (Å²) in [5.41, 5.74) is 1.08. The molecule has 2 aromatic rings. The van der Waals surface area contributed by atoms with Gasteiger partial charge in [-0.3, -0.25) is 0 Å². The molecule has 2 rings (SSSR count). The van der Waals surface area contributed by atoms with Gasteiger partial charge in [-0.1, -0.05) is 30.3 Å². The number of rotatable bonds is 8. The highest BCUT2D eigenvalue weighted by Crippen LogP contribution is 2.22. The molecule has 4 nitrogen and oxygen atoms in total. The van der Waals surface area contributed by atoms with E-state index in [1.54, 1.807) is 0 Å². The SMILES string of the molecule is CC(OCCCNS(=O)(=O)c1ccc(F)cc1Br)c1ccccc1. The first-order valence-corrected chi connectivity index (χ1v) is 9.79. The first-order chi connectivity index (χ1) is 11.4. The summed E-state index contributed by atoms with van der Waals surface area (Å²) in [6, 6.07) is 13.3. The van der Waals surface area contributed by atoms with Crippen LogP contribution in [0.4, 0.5) is 4.39 Å². The average Bonchev–Trinajstić information content (AvgIpc) is 2.54. The second kappa shape index (κ2) is 8.71. The molecule has 1 N–H and O–H groups in total. The Morgan fingerprint density at radius 2 is 1.92 bits per heavy atom. The molecule has 0 aromatic heterocycles. The van der Waals surface area contributed by atoms with Crippen LogP contribution in [0.2, 0.25) is 0 Å². The highest BCUT2D eigenvalue weighted by atomic mass is 79.9. The van der Waals surface area contributed by atoms with E-state index in [4.69, 9.17) is 4.74 Å². The quantitative estimate of drug-likeness (QED) is 0.661. The second-order valence-corrected chi connectivity index (χ2v) is 7.84. The van der Waals surface area contributed by atoms with Crippen LogP contribution in [-0.4, -0.2) is 21.6 Å². The van der Waals surface area contributed by atoms with Gasteiger partial charge in [0.05, 0.1) is 11.0 Å². The van der Waals surface area contributed by atoms with Crippen molar-refractivity contribution in [1.29, 1.82) is 0 Å². The molecule has 0 spiro atoms. The van der Waals surface area contributed by atoms with E-state index in [-0.39, 0.29) is 22.0 Å². The third-order valence-corrected chi connectivity index (χ3v) is 5.87. The van der Waals surface area contributed by atoms with E-state index in [9.17, 15) is 12.8 Å². The van der Waals surface area contributed by atoms with Gasteiger partial charge in [-0.15, -0.1) is 0 Å². The van der Waals surface area contributed by atoms with Gasteiger partial charge < -0.3 is 4.74 Å². The molecule has 0 radical (unpaired) electrons. The van der Waals surface area contributed by atoms with Crippen molar-refractivity contribution in [2.24, 2.45) is 0 Å². The van der Waals surface area contributed by atoms with Gasteiger partial charge in [-0.2, -0.15) is 0 Å². The fourth-order valence-electron chi connectivity index (χ4n) is 2.13. The highest BCUT2D eigenvalue weighted by molar-refractivity contribution is 9.10. The van der Waals surface area contributed by atoms with Crippen molar-refractivity contribution in [2.75, 3.05) is 13.2 Å². The van der Waals surface area contributed by atoms with Gasteiger partial charge in [-0.05, 0) is 53.0 Å². The zero-order valence-electron chi connectivity index (χ0n) is 13.2. The van der Waals surface area contributed by atoms with E-state index in [2.05, 4.69) is 20.7 Å². The number of benzene rings is 2. The predicted octanol–water partition coefficient (Wildman–Crippen LogP) is 4.03. The zero-order chi connectivity index (χ0) is 17.6. The van der Waals surface area contributed by atoms with E-state index in [1.165, 1.54) is 6.07 Å². The lowest BCUT2D eigenvalue weighted by atomic mass is 10.1. The monoisotopic (exact) mass is 415 g/mol. The molecule has 130 valence electrons. The lowest BCUT2D eigenvalue weighted by Crippen LogP contribution is -2.26. The van der Waals surface area contributed by atoms with Crippen LogP contribution in [0, 0.1) is 5.82 Å². The van der Waals surface area contributed by atoms with Crippen LogP contribution < -0.4 is 4.72 Å². The minimum absolute atomic E-state index is 0.0162. The van der Waals surface area contributed by atoms with Crippen molar-refractivity contribution in [2.45, 2.75) is 24.3 Å². The maximum Gasteiger partial charge on any atom is 0.241 e. The molecule has 24 heavy (non-hydrogen) atoms. The Kier molecular flexibility index (Phi) is 6.91.